The Bertz CT molecular complexity index is 1140. The van der Waals surface area contributed by atoms with Gasteiger partial charge in [-0.15, -0.1) is 0 Å². The highest BCUT2D eigenvalue weighted by molar-refractivity contribution is 5.49. The average Bonchev–Trinajstić information content (AvgIpc) is 3.25. The monoisotopic (exact) mass is 509 g/mol. The van der Waals surface area contributed by atoms with Crippen molar-refractivity contribution >= 4 is 0 Å². The zero-order valence-corrected chi connectivity index (χ0v) is 21.4. The minimum absolute atomic E-state index is 0.342. The number of aliphatic hydroxyl groups is 2. The molecule has 5 nitrogen and oxygen atoms in total. The Morgan fingerprint density at radius 1 is 0.632 bits per heavy atom. The third kappa shape index (κ3) is 5.73. The van der Waals surface area contributed by atoms with Gasteiger partial charge in [-0.2, -0.15) is 0 Å². The molecule has 0 heterocycles. The van der Waals surface area contributed by atoms with Crippen LogP contribution in [0.4, 0.5) is 0 Å². The maximum absolute atomic E-state index is 11.2. The smallest absolute Gasteiger partial charge is 0.108 e. The van der Waals surface area contributed by atoms with Gasteiger partial charge in [0, 0.05) is 6.04 Å². The summed E-state index contributed by atoms with van der Waals surface area (Å²) in [6.07, 6.45) is -2.01. The third-order valence-corrected chi connectivity index (χ3v) is 7.32. The highest BCUT2D eigenvalue weighted by Gasteiger charge is 2.47. The fourth-order valence-electron chi connectivity index (χ4n) is 5.41. The van der Waals surface area contributed by atoms with Gasteiger partial charge >= 0.3 is 0 Å². The Hall–Kier alpha value is -3.32. The largest absolute Gasteiger partial charge is 0.389 e. The van der Waals surface area contributed by atoms with Gasteiger partial charge in [-0.05, 0) is 28.7 Å². The SMILES string of the molecule is O[C@@H]1[C@H](O)[C@@H](OCCOCc2ccccc2)C[C@H]1NC(c1ccccc1)(c1ccccc1)c1ccccc1. The van der Waals surface area contributed by atoms with Crippen LogP contribution in [0.5, 0.6) is 0 Å². The predicted molar refractivity (Wildman–Crippen MR) is 149 cm³/mol. The van der Waals surface area contributed by atoms with E-state index in [2.05, 4.69) is 41.7 Å². The molecule has 5 heteroatoms. The van der Waals surface area contributed by atoms with E-state index < -0.39 is 29.9 Å². The highest BCUT2D eigenvalue weighted by atomic mass is 16.5. The molecule has 1 saturated carbocycles. The molecule has 5 rings (SSSR count). The Morgan fingerprint density at radius 3 is 1.61 bits per heavy atom. The molecule has 1 fully saturated rings. The fraction of sp³-hybridized carbons (Fsp3) is 0.273. The summed E-state index contributed by atoms with van der Waals surface area (Å²) in [6, 6.07) is 40.4. The molecule has 0 saturated heterocycles. The van der Waals surface area contributed by atoms with Gasteiger partial charge in [0.15, 0.2) is 0 Å². The molecule has 1 aliphatic rings. The number of hydrogen-bond donors (Lipinski definition) is 3. The second kappa shape index (κ2) is 12.5. The molecule has 38 heavy (non-hydrogen) atoms. The third-order valence-electron chi connectivity index (χ3n) is 7.32. The molecule has 0 bridgehead atoms. The van der Waals surface area contributed by atoms with Crippen molar-refractivity contribution in [1.82, 2.24) is 5.32 Å². The number of nitrogens with one attached hydrogen (secondary N) is 1. The second-order valence-corrected chi connectivity index (χ2v) is 9.76. The van der Waals surface area contributed by atoms with Crippen LogP contribution < -0.4 is 5.32 Å². The summed E-state index contributed by atoms with van der Waals surface area (Å²) in [5.41, 5.74) is 3.53. The van der Waals surface area contributed by atoms with Gasteiger partial charge in [0.1, 0.15) is 6.10 Å². The summed E-state index contributed by atoms with van der Waals surface area (Å²) in [4.78, 5) is 0. The molecule has 0 amide bonds. The van der Waals surface area contributed by atoms with Crippen molar-refractivity contribution in [3.63, 3.8) is 0 Å². The number of rotatable bonds is 11. The summed E-state index contributed by atoms with van der Waals surface area (Å²) in [6.45, 7) is 1.27. The quantitative estimate of drug-likeness (QED) is 0.203. The molecule has 0 unspecified atom stereocenters. The molecule has 0 radical (unpaired) electrons. The number of aliphatic hydroxyl groups excluding tert-OH is 2. The fourth-order valence-corrected chi connectivity index (χ4v) is 5.41. The standard InChI is InChI=1S/C33H35NO4/c35-31-29(23-30(32(31)36)38-22-21-37-24-25-13-5-1-6-14-25)34-33(26-15-7-2-8-16-26,27-17-9-3-10-18-27)28-19-11-4-12-20-28/h1-20,29-32,34-36H,21-24H2/t29-,30+,31+,32-/m1/s1. The minimum Gasteiger partial charge on any atom is -0.389 e. The summed E-state index contributed by atoms with van der Waals surface area (Å²) in [5.74, 6) is 0. The second-order valence-electron chi connectivity index (χ2n) is 9.76. The van der Waals surface area contributed by atoms with Crippen molar-refractivity contribution in [2.24, 2.45) is 0 Å². The van der Waals surface area contributed by atoms with Crippen molar-refractivity contribution < 1.29 is 19.7 Å². The Kier molecular flexibility index (Phi) is 8.64. The summed E-state index contributed by atoms with van der Waals surface area (Å²) in [7, 11) is 0. The molecule has 3 N–H and O–H groups in total. The predicted octanol–water partition coefficient (Wildman–Crippen LogP) is 4.66. The van der Waals surface area contributed by atoms with Crippen molar-refractivity contribution in [1.29, 1.82) is 0 Å². The maximum Gasteiger partial charge on any atom is 0.108 e. The van der Waals surface area contributed by atoms with Crippen LogP contribution in [0.2, 0.25) is 0 Å². The van der Waals surface area contributed by atoms with E-state index in [0.717, 1.165) is 22.3 Å². The first kappa shape index (κ1) is 26.3. The van der Waals surface area contributed by atoms with Crippen LogP contribution in [-0.2, 0) is 21.6 Å². The van der Waals surface area contributed by atoms with Crippen molar-refractivity contribution in [3.8, 4) is 0 Å². The van der Waals surface area contributed by atoms with Crippen LogP contribution in [0.25, 0.3) is 0 Å². The van der Waals surface area contributed by atoms with Gasteiger partial charge in [-0.3, -0.25) is 5.32 Å². The lowest BCUT2D eigenvalue weighted by atomic mass is 9.76. The zero-order chi connectivity index (χ0) is 26.2. The molecule has 0 aliphatic heterocycles. The lowest BCUT2D eigenvalue weighted by Gasteiger charge is -2.40. The maximum atomic E-state index is 11.2. The summed E-state index contributed by atoms with van der Waals surface area (Å²) >= 11 is 0. The van der Waals surface area contributed by atoms with Crippen LogP contribution in [0.1, 0.15) is 28.7 Å². The van der Waals surface area contributed by atoms with Crippen LogP contribution in [0.15, 0.2) is 121 Å². The summed E-state index contributed by atoms with van der Waals surface area (Å²) in [5, 5.41) is 25.9. The molecule has 1 aliphatic carbocycles. The molecule has 0 spiro atoms. The molecule has 4 aromatic carbocycles. The van der Waals surface area contributed by atoms with Crippen LogP contribution in [0.3, 0.4) is 0 Å². The van der Waals surface area contributed by atoms with E-state index in [4.69, 9.17) is 9.47 Å². The Labute approximate surface area is 224 Å². The van der Waals surface area contributed by atoms with Gasteiger partial charge < -0.3 is 19.7 Å². The van der Waals surface area contributed by atoms with Gasteiger partial charge in [0.2, 0.25) is 0 Å². The first-order valence-corrected chi connectivity index (χ1v) is 13.2. The Morgan fingerprint density at radius 2 is 1.11 bits per heavy atom. The van der Waals surface area contributed by atoms with Gasteiger partial charge in [-0.25, -0.2) is 0 Å². The van der Waals surface area contributed by atoms with E-state index in [1.807, 2.05) is 84.9 Å². The highest BCUT2D eigenvalue weighted by Crippen LogP contribution is 2.39. The van der Waals surface area contributed by atoms with E-state index in [1.165, 1.54) is 0 Å². The molecular formula is C33H35NO4. The van der Waals surface area contributed by atoms with Gasteiger partial charge in [-0.1, -0.05) is 121 Å². The van der Waals surface area contributed by atoms with Gasteiger partial charge in [0.25, 0.3) is 0 Å². The first-order valence-electron chi connectivity index (χ1n) is 13.2. The first-order chi connectivity index (χ1) is 18.7. The molecular weight excluding hydrogens is 474 g/mol. The Balaban J connectivity index is 1.35. The lowest BCUT2D eigenvalue weighted by Crippen LogP contribution is -2.53. The topological polar surface area (TPSA) is 71.0 Å². The van der Waals surface area contributed by atoms with Crippen LogP contribution in [-0.4, -0.2) is 47.8 Å². The normalized spacial score (nSPS) is 21.4. The summed E-state index contributed by atoms with van der Waals surface area (Å²) < 4.78 is 11.7. The van der Waals surface area contributed by atoms with Crippen molar-refractivity contribution in [2.75, 3.05) is 13.2 Å². The van der Waals surface area contributed by atoms with Crippen molar-refractivity contribution in [3.05, 3.63) is 144 Å². The molecule has 0 aromatic heterocycles. The van der Waals surface area contributed by atoms with Crippen LogP contribution in [0, 0.1) is 0 Å². The number of ether oxygens (including phenoxy) is 2. The van der Waals surface area contributed by atoms with E-state index in [-0.39, 0.29) is 0 Å². The minimum atomic E-state index is -0.998. The van der Waals surface area contributed by atoms with Crippen molar-refractivity contribution in [2.45, 2.75) is 42.9 Å². The lowest BCUT2D eigenvalue weighted by molar-refractivity contribution is -0.0693. The van der Waals surface area contributed by atoms with Crippen LogP contribution >= 0.6 is 0 Å². The van der Waals surface area contributed by atoms with Gasteiger partial charge in [0.05, 0.1) is 37.6 Å². The van der Waals surface area contributed by atoms with E-state index >= 15 is 0 Å². The molecule has 4 aromatic rings. The molecule has 4 atom stereocenters. The molecule has 196 valence electrons. The number of hydrogen-bond acceptors (Lipinski definition) is 5. The van der Waals surface area contributed by atoms with E-state index in [9.17, 15) is 10.2 Å². The number of benzene rings is 4. The van der Waals surface area contributed by atoms with E-state index in [0.29, 0.717) is 26.2 Å². The zero-order valence-electron chi connectivity index (χ0n) is 21.4. The average molecular weight is 510 g/mol. The van der Waals surface area contributed by atoms with E-state index in [1.54, 1.807) is 0 Å².